The van der Waals surface area contributed by atoms with Crippen molar-refractivity contribution >= 4 is 41.9 Å². The quantitative estimate of drug-likeness (QED) is 0.805. The Labute approximate surface area is 134 Å². The molecule has 0 fully saturated rings. The summed E-state index contributed by atoms with van der Waals surface area (Å²) >= 11 is 6.64. The van der Waals surface area contributed by atoms with Gasteiger partial charge in [0.1, 0.15) is 0 Å². The molecule has 5 nitrogen and oxygen atoms in total. The van der Waals surface area contributed by atoms with E-state index in [-0.39, 0.29) is 4.90 Å². The van der Waals surface area contributed by atoms with Crippen LogP contribution in [0.1, 0.15) is 5.56 Å². The van der Waals surface area contributed by atoms with E-state index < -0.39 is 10.0 Å². The molecule has 0 atom stereocenters. The Morgan fingerprint density at radius 2 is 2.05 bits per heavy atom. The molecule has 2 aromatic rings. The van der Waals surface area contributed by atoms with Gasteiger partial charge in [-0.25, -0.2) is 18.1 Å². The highest BCUT2D eigenvalue weighted by atomic mass is 79.9. The monoisotopic (exact) mass is 421 g/mol. The zero-order chi connectivity index (χ0) is 14.8. The summed E-state index contributed by atoms with van der Waals surface area (Å²) < 4.78 is 30.2. The van der Waals surface area contributed by atoms with Gasteiger partial charge in [-0.05, 0) is 40.5 Å². The van der Waals surface area contributed by atoms with E-state index in [1.54, 1.807) is 30.9 Å². The highest BCUT2D eigenvalue weighted by molar-refractivity contribution is 9.11. The number of rotatable bonds is 5. The van der Waals surface area contributed by atoms with E-state index in [1.165, 1.54) is 0 Å². The minimum Gasteiger partial charge on any atom is -0.336 e. The van der Waals surface area contributed by atoms with Gasteiger partial charge in [0.2, 0.25) is 10.0 Å². The summed E-state index contributed by atoms with van der Waals surface area (Å²) in [6, 6.07) is 3.37. The zero-order valence-electron chi connectivity index (χ0n) is 10.7. The standard InChI is InChI=1S/C12H13Br2N3O2S/c1-9-6-11(14)12(7-10(9)13)20(18,19)16-3-5-17-4-2-15-8-17/h2,4,6-8,16H,3,5H2,1H3. The molecule has 0 saturated carbocycles. The van der Waals surface area contributed by atoms with Crippen molar-refractivity contribution in [3.05, 3.63) is 45.4 Å². The van der Waals surface area contributed by atoms with Crippen LogP contribution in [0.4, 0.5) is 0 Å². The van der Waals surface area contributed by atoms with E-state index in [1.807, 2.05) is 11.5 Å². The van der Waals surface area contributed by atoms with E-state index >= 15 is 0 Å². The first-order valence-corrected chi connectivity index (χ1v) is 8.88. The predicted octanol–water partition coefficient (Wildman–Crippen LogP) is 2.70. The molecular weight excluding hydrogens is 410 g/mol. The maximum absolute atomic E-state index is 12.3. The van der Waals surface area contributed by atoms with Gasteiger partial charge in [-0.2, -0.15) is 0 Å². The average molecular weight is 423 g/mol. The van der Waals surface area contributed by atoms with Crippen molar-refractivity contribution in [2.75, 3.05) is 6.54 Å². The van der Waals surface area contributed by atoms with Crippen LogP contribution in [0.3, 0.4) is 0 Å². The Hall–Kier alpha value is -0.700. The van der Waals surface area contributed by atoms with Crippen molar-refractivity contribution in [1.82, 2.24) is 14.3 Å². The maximum Gasteiger partial charge on any atom is 0.241 e. The summed E-state index contributed by atoms with van der Waals surface area (Å²) in [7, 11) is -3.54. The fraction of sp³-hybridized carbons (Fsp3) is 0.250. The van der Waals surface area contributed by atoms with Gasteiger partial charge in [0.25, 0.3) is 0 Å². The lowest BCUT2D eigenvalue weighted by Gasteiger charge is -2.10. The van der Waals surface area contributed by atoms with Gasteiger partial charge in [-0.1, -0.05) is 15.9 Å². The van der Waals surface area contributed by atoms with E-state index in [2.05, 4.69) is 41.6 Å². The third-order valence-electron chi connectivity index (χ3n) is 2.72. The molecule has 0 amide bonds. The first-order valence-electron chi connectivity index (χ1n) is 5.81. The van der Waals surface area contributed by atoms with Gasteiger partial charge in [-0.3, -0.25) is 0 Å². The largest absolute Gasteiger partial charge is 0.336 e. The molecule has 0 aliphatic carbocycles. The number of aromatic nitrogens is 2. The Morgan fingerprint density at radius 3 is 2.70 bits per heavy atom. The second kappa shape index (κ2) is 6.38. The molecule has 0 unspecified atom stereocenters. The number of halogens is 2. The molecular formula is C12H13Br2N3O2S. The fourth-order valence-corrected chi connectivity index (χ4v) is 4.34. The number of imidazole rings is 1. The van der Waals surface area contributed by atoms with Crippen LogP contribution in [0.5, 0.6) is 0 Å². The van der Waals surface area contributed by atoms with Crippen LogP contribution >= 0.6 is 31.9 Å². The van der Waals surface area contributed by atoms with E-state index in [9.17, 15) is 8.42 Å². The van der Waals surface area contributed by atoms with Crippen LogP contribution in [0.15, 0.2) is 44.7 Å². The van der Waals surface area contributed by atoms with Gasteiger partial charge < -0.3 is 4.57 Å². The molecule has 0 bridgehead atoms. The summed E-state index contributed by atoms with van der Waals surface area (Å²) in [6.45, 7) is 2.73. The number of aryl methyl sites for hydroxylation is 1. The van der Waals surface area contributed by atoms with Crippen LogP contribution in [0, 0.1) is 6.92 Å². The molecule has 0 aliphatic heterocycles. The molecule has 8 heteroatoms. The maximum atomic E-state index is 12.3. The third kappa shape index (κ3) is 3.69. The van der Waals surface area contributed by atoms with Crippen molar-refractivity contribution in [3.8, 4) is 0 Å². The SMILES string of the molecule is Cc1cc(Br)c(S(=O)(=O)NCCn2ccnc2)cc1Br. The van der Waals surface area contributed by atoms with Crippen LogP contribution in [-0.4, -0.2) is 24.5 Å². The summed E-state index contributed by atoms with van der Waals surface area (Å²) in [4.78, 5) is 4.13. The minimum atomic E-state index is -3.54. The van der Waals surface area contributed by atoms with Gasteiger partial charge in [0.15, 0.2) is 0 Å². The number of benzene rings is 1. The van der Waals surface area contributed by atoms with Crippen molar-refractivity contribution in [2.24, 2.45) is 0 Å². The molecule has 1 N–H and O–H groups in total. The second-order valence-corrected chi connectivity index (χ2v) is 7.67. The molecule has 108 valence electrons. The molecule has 0 spiro atoms. The van der Waals surface area contributed by atoms with Crippen molar-refractivity contribution < 1.29 is 8.42 Å². The minimum absolute atomic E-state index is 0.223. The Bertz CT molecular complexity index is 700. The number of nitrogens with zero attached hydrogens (tertiary/aromatic N) is 2. The van der Waals surface area contributed by atoms with Crippen molar-refractivity contribution in [1.29, 1.82) is 0 Å². The fourth-order valence-electron chi connectivity index (χ4n) is 1.64. The lowest BCUT2D eigenvalue weighted by atomic mass is 10.2. The number of nitrogens with one attached hydrogen (secondary N) is 1. The predicted molar refractivity (Wildman–Crippen MR) is 84.0 cm³/mol. The van der Waals surface area contributed by atoms with Crippen molar-refractivity contribution in [3.63, 3.8) is 0 Å². The number of hydrogen-bond donors (Lipinski definition) is 1. The normalized spacial score (nSPS) is 11.8. The van der Waals surface area contributed by atoms with Crippen LogP contribution in [0.25, 0.3) is 0 Å². The molecule has 1 aromatic heterocycles. The average Bonchev–Trinajstić information content (AvgIpc) is 2.86. The lowest BCUT2D eigenvalue weighted by Crippen LogP contribution is -2.27. The van der Waals surface area contributed by atoms with Crippen LogP contribution in [0.2, 0.25) is 0 Å². The first-order chi connectivity index (χ1) is 9.40. The van der Waals surface area contributed by atoms with Gasteiger partial charge in [0.05, 0.1) is 11.2 Å². The zero-order valence-corrected chi connectivity index (χ0v) is 14.7. The van der Waals surface area contributed by atoms with Crippen LogP contribution < -0.4 is 4.72 Å². The summed E-state index contributed by atoms with van der Waals surface area (Å²) in [5, 5.41) is 0. The molecule has 0 aliphatic rings. The number of sulfonamides is 1. The van der Waals surface area contributed by atoms with Crippen LogP contribution in [-0.2, 0) is 16.6 Å². The lowest BCUT2D eigenvalue weighted by molar-refractivity contribution is 0.572. The molecule has 1 aromatic carbocycles. The second-order valence-electron chi connectivity index (χ2n) is 4.23. The Morgan fingerprint density at radius 1 is 1.30 bits per heavy atom. The third-order valence-corrected chi connectivity index (χ3v) is 6.00. The molecule has 2 rings (SSSR count). The van der Waals surface area contributed by atoms with E-state index in [0.717, 1.165) is 10.0 Å². The Kier molecular flexibility index (Phi) is 5.00. The van der Waals surface area contributed by atoms with Gasteiger partial charge >= 0.3 is 0 Å². The number of hydrogen-bond acceptors (Lipinski definition) is 3. The highest BCUT2D eigenvalue weighted by Crippen LogP contribution is 2.28. The Balaban J connectivity index is 2.12. The molecule has 0 radical (unpaired) electrons. The molecule has 0 saturated heterocycles. The first kappa shape index (κ1) is 15.7. The highest BCUT2D eigenvalue weighted by Gasteiger charge is 2.18. The van der Waals surface area contributed by atoms with Gasteiger partial charge in [0, 0.05) is 34.4 Å². The van der Waals surface area contributed by atoms with E-state index in [0.29, 0.717) is 17.6 Å². The van der Waals surface area contributed by atoms with Crippen molar-refractivity contribution in [2.45, 2.75) is 18.4 Å². The van der Waals surface area contributed by atoms with E-state index in [4.69, 9.17) is 0 Å². The smallest absolute Gasteiger partial charge is 0.241 e. The molecule has 1 heterocycles. The molecule has 20 heavy (non-hydrogen) atoms. The summed E-state index contributed by atoms with van der Waals surface area (Å²) in [6.07, 6.45) is 5.08. The topological polar surface area (TPSA) is 64.0 Å². The van der Waals surface area contributed by atoms with Gasteiger partial charge in [-0.15, -0.1) is 0 Å². The summed E-state index contributed by atoms with van der Waals surface area (Å²) in [5.74, 6) is 0. The summed E-state index contributed by atoms with van der Waals surface area (Å²) in [5.41, 5.74) is 0.967.